The van der Waals surface area contributed by atoms with Crippen LogP contribution in [0.2, 0.25) is 0 Å². The van der Waals surface area contributed by atoms with E-state index < -0.39 is 0 Å². The van der Waals surface area contributed by atoms with Crippen LogP contribution in [0.4, 0.5) is 0 Å². The molecule has 0 aliphatic heterocycles. The van der Waals surface area contributed by atoms with Gasteiger partial charge in [-0.05, 0) is 31.4 Å². The van der Waals surface area contributed by atoms with Gasteiger partial charge in [-0.2, -0.15) is 0 Å². The molecule has 0 amide bonds. The van der Waals surface area contributed by atoms with Crippen molar-refractivity contribution in [1.82, 2.24) is 4.98 Å². The molecule has 16 heavy (non-hydrogen) atoms. The van der Waals surface area contributed by atoms with Crippen LogP contribution < -0.4 is 0 Å². The van der Waals surface area contributed by atoms with Crippen LogP contribution in [-0.2, 0) is 0 Å². The zero-order valence-corrected chi connectivity index (χ0v) is 10.5. The highest BCUT2D eigenvalue weighted by molar-refractivity contribution is 5.98. The van der Waals surface area contributed by atoms with Crippen LogP contribution in [0.15, 0.2) is 18.5 Å². The van der Waals surface area contributed by atoms with E-state index in [0.717, 1.165) is 36.8 Å². The minimum absolute atomic E-state index is 0.179. The van der Waals surface area contributed by atoms with Crippen molar-refractivity contribution in [3.8, 4) is 0 Å². The summed E-state index contributed by atoms with van der Waals surface area (Å²) in [4.78, 5) is 16.4. The van der Waals surface area contributed by atoms with Gasteiger partial charge in [-0.1, -0.05) is 26.7 Å². The molecule has 2 heteroatoms. The molecule has 1 rings (SSSR count). The second-order valence-corrected chi connectivity index (χ2v) is 4.33. The largest absolute Gasteiger partial charge is 0.294 e. The van der Waals surface area contributed by atoms with Gasteiger partial charge in [-0.25, -0.2) is 0 Å². The number of aryl methyl sites for hydroxylation is 1. The fraction of sp³-hybridized carbons (Fsp3) is 0.571. The van der Waals surface area contributed by atoms with Crippen LogP contribution in [0, 0.1) is 12.8 Å². The smallest absolute Gasteiger partial charge is 0.167 e. The summed E-state index contributed by atoms with van der Waals surface area (Å²) in [5, 5.41) is 0. The first kappa shape index (κ1) is 12.9. The van der Waals surface area contributed by atoms with Crippen molar-refractivity contribution in [3.05, 3.63) is 29.6 Å². The molecule has 0 unspecified atom stereocenters. The van der Waals surface area contributed by atoms with E-state index in [9.17, 15) is 4.79 Å². The van der Waals surface area contributed by atoms with Crippen molar-refractivity contribution in [2.24, 2.45) is 5.92 Å². The first-order chi connectivity index (χ1) is 7.70. The van der Waals surface area contributed by atoms with Gasteiger partial charge < -0.3 is 0 Å². The summed E-state index contributed by atoms with van der Waals surface area (Å²) in [5.41, 5.74) is 1.84. The van der Waals surface area contributed by atoms with Gasteiger partial charge in [0.2, 0.25) is 0 Å². The molecule has 0 saturated heterocycles. The molecule has 1 aromatic rings. The van der Waals surface area contributed by atoms with E-state index in [1.807, 2.05) is 13.0 Å². The molecule has 1 aromatic heterocycles. The van der Waals surface area contributed by atoms with Crippen LogP contribution in [0.3, 0.4) is 0 Å². The quantitative estimate of drug-likeness (QED) is 0.681. The maximum Gasteiger partial charge on any atom is 0.167 e. The minimum Gasteiger partial charge on any atom is -0.294 e. The van der Waals surface area contributed by atoms with E-state index in [0.29, 0.717) is 0 Å². The van der Waals surface area contributed by atoms with Crippen LogP contribution in [-0.4, -0.2) is 10.8 Å². The number of nitrogens with zero attached hydrogens (tertiary/aromatic N) is 1. The minimum atomic E-state index is 0.179. The zero-order chi connectivity index (χ0) is 12.0. The maximum atomic E-state index is 12.3. The Labute approximate surface area is 98.1 Å². The number of aromatic nitrogens is 1. The third-order valence-electron chi connectivity index (χ3n) is 2.95. The number of carbonyl (C=O) groups excluding carboxylic acids is 1. The summed E-state index contributed by atoms with van der Waals surface area (Å²) in [6, 6.07) is 1.90. The van der Waals surface area contributed by atoms with E-state index in [-0.39, 0.29) is 11.7 Å². The first-order valence-electron chi connectivity index (χ1n) is 6.15. The Hall–Kier alpha value is -1.18. The molecule has 0 N–H and O–H groups in total. The van der Waals surface area contributed by atoms with Gasteiger partial charge in [0.15, 0.2) is 5.78 Å². The molecular weight excluding hydrogens is 198 g/mol. The predicted molar refractivity (Wildman–Crippen MR) is 66.6 cm³/mol. The molecule has 88 valence electrons. The summed E-state index contributed by atoms with van der Waals surface area (Å²) in [5.74, 6) is 0.451. The van der Waals surface area contributed by atoms with Gasteiger partial charge in [0.1, 0.15) is 0 Å². The molecule has 2 nitrogen and oxygen atoms in total. The Morgan fingerprint density at radius 3 is 2.44 bits per heavy atom. The van der Waals surface area contributed by atoms with Gasteiger partial charge in [-0.3, -0.25) is 9.78 Å². The third-order valence-corrected chi connectivity index (χ3v) is 2.95. The highest BCUT2D eigenvalue weighted by atomic mass is 16.1. The Morgan fingerprint density at radius 1 is 1.31 bits per heavy atom. The lowest BCUT2D eigenvalue weighted by Gasteiger charge is -2.14. The number of Topliss-reactive ketones (excluding diaryl/α,β-unsaturated/α-hetero) is 1. The van der Waals surface area contributed by atoms with E-state index in [1.165, 1.54) is 0 Å². The van der Waals surface area contributed by atoms with Crippen molar-refractivity contribution in [2.75, 3.05) is 0 Å². The number of hydrogen-bond donors (Lipinski definition) is 0. The van der Waals surface area contributed by atoms with Crippen molar-refractivity contribution >= 4 is 5.78 Å². The fourth-order valence-corrected chi connectivity index (χ4v) is 2.05. The summed E-state index contributed by atoms with van der Waals surface area (Å²) < 4.78 is 0. The Bertz CT molecular complexity index is 340. The molecule has 0 aliphatic rings. The van der Waals surface area contributed by atoms with Gasteiger partial charge in [0.25, 0.3) is 0 Å². The number of pyridine rings is 1. The summed E-state index contributed by atoms with van der Waals surface area (Å²) >= 11 is 0. The molecule has 0 aliphatic carbocycles. The molecule has 0 radical (unpaired) electrons. The molecule has 0 atom stereocenters. The van der Waals surface area contributed by atoms with E-state index in [4.69, 9.17) is 0 Å². The summed E-state index contributed by atoms with van der Waals surface area (Å²) in [6.07, 6.45) is 7.55. The van der Waals surface area contributed by atoms with E-state index >= 15 is 0 Å². The highest BCUT2D eigenvalue weighted by Crippen LogP contribution is 2.20. The molecule has 0 saturated carbocycles. The van der Waals surface area contributed by atoms with Gasteiger partial charge in [-0.15, -0.1) is 0 Å². The molecular formula is C14H21NO. The summed E-state index contributed by atoms with van der Waals surface area (Å²) in [6.45, 7) is 6.24. The van der Waals surface area contributed by atoms with Crippen LogP contribution in [0.25, 0.3) is 0 Å². The third kappa shape index (κ3) is 3.16. The normalized spacial score (nSPS) is 10.8. The molecule has 0 spiro atoms. The fourth-order valence-electron chi connectivity index (χ4n) is 2.05. The van der Waals surface area contributed by atoms with Gasteiger partial charge in [0.05, 0.1) is 0 Å². The molecule has 0 bridgehead atoms. The lowest BCUT2D eigenvalue weighted by atomic mass is 9.89. The number of rotatable bonds is 6. The SMILES string of the molecule is CCCC(CCC)C(=O)c1cnccc1C. The second-order valence-electron chi connectivity index (χ2n) is 4.33. The van der Waals surface area contributed by atoms with Crippen molar-refractivity contribution in [2.45, 2.75) is 46.5 Å². The standard InChI is InChI=1S/C14H21NO/c1-4-6-12(7-5-2)14(16)13-10-15-9-8-11(13)3/h8-10,12H,4-7H2,1-3H3. The first-order valence-corrected chi connectivity index (χ1v) is 6.15. The average Bonchev–Trinajstić information content (AvgIpc) is 2.28. The maximum absolute atomic E-state index is 12.3. The van der Waals surface area contributed by atoms with Crippen LogP contribution in [0.5, 0.6) is 0 Å². The van der Waals surface area contributed by atoms with Crippen LogP contribution in [0.1, 0.15) is 55.5 Å². The highest BCUT2D eigenvalue weighted by Gasteiger charge is 2.19. The van der Waals surface area contributed by atoms with Gasteiger partial charge in [0, 0.05) is 23.9 Å². The Morgan fingerprint density at radius 2 is 1.94 bits per heavy atom. The molecule has 0 fully saturated rings. The number of carbonyl (C=O) groups is 1. The van der Waals surface area contributed by atoms with Crippen molar-refractivity contribution in [3.63, 3.8) is 0 Å². The van der Waals surface area contributed by atoms with Gasteiger partial charge >= 0.3 is 0 Å². The Balaban J connectivity index is 2.85. The molecule has 0 aromatic carbocycles. The Kier molecular flexibility index (Phi) is 5.17. The predicted octanol–water partition coefficient (Wildman–Crippen LogP) is 3.79. The zero-order valence-electron chi connectivity index (χ0n) is 10.5. The topological polar surface area (TPSA) is 30.0 Å². The lowest BCUT2D eigenvalue weighted by Crippen LogP contribution is -2.16. The summed E-state index contributed by atoms with van der Waals surface area (Å²) in [7, 11) is 0. The van der Waals surface area contributed by atoms with Crippen molar-refractivity contribution in [1.29, 1.82) is 0 Å². The lowest BCUT2D eigenvalue weighted by molar-refractivity contribution is 0.0904. The van der Waals surface area contributed by atoms with Crippen LogP contribution >= 0.6 is 0 Å². The monoisotopic (exact) mass is 219 g/mol. The van der Waals surface area contributed by atoms with E-state index in [2.05, 4.69) is 18.8 Å². The number of hydrogen-bond acceptors (Lipinski definition) is 2. The second kappa shape index (κ2) is 6.41. The number of ketones is 1. The van der Waals surface area contributed by atoms with E-state index in [1.54, 1.807) is 12.4 Å². The average molecular weight is 219 g/mol. The van der Waals surface area contributed by atoms with Crippen molar-refractivity contribution < 1.29 is 4.79 Å². The molecule has 1 heterocycles.